The van der Waals surface area contributed by atoms with Crippen LogP contribution in [0.15, 0.2) is 42.5 Å². The minimum atomic E-state index is 0.167. The molecule has 110 valence electrons. The van der Waals surface area contributed by atoms with Gasteiger partial charge in [-0.3, -0.25) is 4.79 Å². The maximum absolute atomic E-state index is 12.1. The highest BCUT2D eigenvalue weighted by Gasteiger charge is 2.43. The van der Waals surface area contributed by atoms with Gasteiger partial charge in [-0.2, -0.15) is 0 Å². The topological polar surface area (TPSA) is 41.1 Å². The molecule has 0 aliphatic heterocycles. The number of carbonyl (C=O) groups excluding carboxylic acids is 1. The van der Waals surface area contributed by atoms with Gasteiger partial charge in [-0.1, -0.05) is 42.5 Å². The quantitative estimate of drug-likeness (QED) is 0.800. The van der Waals surface area contributed by atoms with Crippen LogP contribution in [0.4, 0.5) is 0 Å². The van der Waals surface area contributed by atoms with Gasteiger partial charge in [0.1, 0.15) is 0 Å². The second kappa shape index (κ2) is 6.27. The van der Waals surface area contributed by atoms with Gasteiger partial charge in [0, 0.05) is 12.5 Å². The van der Waals surface area contributed by atoms with Crippen LogP contribution in [0.2, 0.25) is 0 Å². The van der Waals surface area contributed by atoms with Crippen LogP contribution in [0.5, 0.6) is 0 Å². The fourth-order valence-electron chi connectivity index (χ4n) is 2.90. The smallest absolute Gasteiger partial charge is 0.223 e. The van der Waals surface area contributed by atoms with Gasteiger partial charge in [-0.15, -0.1) is 0 Å². The molecule has 0 radical (unpaired) electrons. The van der Waals surface area contributed by atoms with E-state index in [0.717, 1.165) is 25.9 Å². The number of nitrogens with one attached hydrogen (secondary N) is 2. The number of hydrogen-bond donors (Lipinski definition) is 2. The molecule has 1 aliphatic carbocycles. The monoisotopic (exact) mass is 282 g/mol. The molecular weight excluding hydrogens is 260 g/mol. The fourth-order valence-corrected chi connectivity index (χ4v) is 2.90. The first-order valence-corrected chi connectivity index (χ1v) is 7.70. The van der Waals surface area contributed by atoms with E-state index in [1.54, 1.807) is 0 Å². The van der Waals surface area contributed by atoms with Gasteiger partial charge in [0.15, 0.2) is 0 Å². The zero-order valence-electron chi connectivity index (χ0n) is 12.4. The lowest BCUT2D eigenvalue weighted by atomic mass is 10.0. The van der Waals surface area contributed by atoms with Crippen molar-refractivity contribution in [3.8, 4) is 0 Å². The van der Waals surface area contributed by atoms with E-state index >= 15 is 0 Å². The Morgan fingerprint density at radius 2 is 1.95 bits per heavy atom. The molecular formula is C18H22N2O. The molecule has 2 unspecified atom stereocenters. The van der Waals surface area contributed by atoms with Gasteiger partial charge < -0.3 is 10.6 Å². The number of hydrogen-bond acceptors (Lipinski definition) is 2. The standard InChI is InChI=1S/C18H22N2O/c1-19-9-4-10-20-18(21)17-12-16(17)15-8-7-13-5-2-3-6-14(13)11-15/h2-3,5-8,11,16-17,19H,4,9-10,12H2,1H3,(H,20,21). The highest BCUT2D eigenvalue weighted by molar-refractivity contribution is 5.85. The summed E-state index contributed by atoms with van der Waals surface area (Å²) >= 11 is 0. The Morgan fingerprint density at radius 3 is 2.76 bits per heavy atom. The summed E-state index contributed by atoms with van der Waals surface area (Å²) in [6, 6.07) is 14.9. The van der Waals surface area contributed by atoms with Crippen molar-refractivity contribution < 1.29 is 4.79 Å². The predicted molar refractivity (Wildman–Crippen MR) is 86.3 cm³/mol. The van der Waals surface area contributed by atoms with E-state index in [1.807, 2.05) is 7.05 Å². The van der Waals surface area contributed by atoms with Crippen molar-refractivity contribution in [2.75, 3.05) is 20.1 Å². The lowest BCUT2D eigenvalue weighted by Crippen LogP contribution is -2.28. The largest absolute Gasteiger partial charge is 0.356 e. The van der Waals surface area contributed by atoms with Crippen LogP contribution in [-0.2, 0) is 4.79 Å². The minimum Gasteiger partial charge on any atom is -0.356 e. The van der Waals surface area contributed by atoms with Crippen molar-refractivity contribution in [1.82, 2.24) is 10.6 Å². The Hall–Kier alpha value is -1.87. The van der Waals surface area contributed by atoms with Gasteiger partial charge in [0.05, 0.1) is 0 Å². The van der Waals surface area contributed by atoms with Crippen molar-refractivity contribution in [3.05, 3.63) is 48.0 Å². The molecule has 1 amide bonds. The average molecular weight is 282 g/mol. The first kappa shape index (κ1) is 14.1. The number of rotatable bonds is 6. The highest BCUT2D eigenvalue weighted by atomic mass is 16.2. The first-order chi connectivity index (χ1) is 10.3. The third-order valence-electron chi connectivity index (χ3n) is 4.23. The molecule has 21 heavy (non-hydrogen) atoms. The number of carbonyl (C=O) groups is 1. The second-order valence-corrected chi connectivity index (χ2v) is 5.80. The van der Waals surface area contributed by atoms with Gasteiger partial charge >= 0.3 is 0 Å². The van der Waals surface area contributed by atoms with E-state index in [9.17, 15) is 4.79 Å². The summed E-state index contributed by atoms with van der Waals surface area (Å²) in [5.41, 5.74) is 1.30. The predicted octanol–water partition coefficient (Wildman–Crippen LogP) is 2.67. The molecule has 1 aliphatic rings. The Labute approximate surface area is 125 Å². The molecule has 3 nitrogen and oxygen atoms in total. The van der Waals surface area contributed by atoms with E-state index < -0.39 is 0 Å². The van der Waals surface area contributed by atoms with Crippen LogP contribution in [0.1, 0.15) is 24.3 Å². The second-order valence-electron chi connectivity index (χ2n) is 5.80. The van der Waals surface area contributed by atoms with E-state index in [4.69, 9.17) is 0 Å². The summed E-state index contributed by atoms with van der Waals surface area (Å²) < 4.78 is 0. The Balaban J connectivity index is 1.59. The number of fused-ring (bicyclic) bond motifs is 1. The molecule has 2 aromatic carbocycles. The summed E-state index contributed by atoms with van der Waals surface area (Å²) in [6.45, 7) is 1.71. The SMILES string of the molecule is CNCCCNC(=O)C1CC1c1ccc2ccccc2c1. The van der Waals surface area contributed by atoms with Crippen LogP contribution < -0.4 is 10.6 Å². The molecule has 0 bridgehead atoms. The van der Waals surface area contributed by atoms with Crippen molar-refractivity contribution in [3.63, 3.8) is 0 Å². The van der Waals surface area contributed by atoms with Gasteiger partial charge in [0.2, 0.25) is 5.91 Å². The van der Waals surface area contributed by atoms with Crippen molar-refractivity contribution in [2.45, 2.75) is 18.8 Å². The van der Waals surface area contributed by atoms with Crippen molar-refractivity contribution in [1.29, 1.82) is 0 Å². The molecule has 0 heterocycles. The van der Waals surface area contributed by atoms with Crippen LogP contribution in [0.25, 0.3) is 10.8 Å². The van der Waals surface area contributed by atoms with Crippen LogP contribution in [-0.4, -0.2) is 26.0 Å². The zero-order valence-corrected chi connectivity index (χ0v) is 12.4. The minimum absolute atomic E-state index is 0.167. The molecule has 2 atom stereocenters. The van der Waals surface area contributed by atoms with E-state index in [-0.39, 0.29) is 11.8 Å². The zero-order chi connectivity index (χ0) is 14.7. The fraction of sp³-hybridized carbons (Fsp3) is 0.389. The summed E-state index contributed by atoms with van der Waals surface area (Å²) in [4.78, 5) is 12.1. The molecule has 1 saturated carbocycles. The van der Waals surface area contributed by atoms with Gasteiger partial charge in [-0.05, 0) is 48.7 Å². The average Bonchev–Trinajstić information content (AvgIpc) is 3.31. The Morgan fingerprint density at radius 1 is 1.14 bits per heavy atom. The lowest BCUT2D eigenvalue weighted by Gasteiger charge is -2.05. The molecule has 3 heteroatoms. The normalized spacial score (nSPS) is 20.4. The number of amides is 1. The van der Waals surface area contributed by atoms with Crippen LogP contribution in [0, 0.1) is 5.92 Å². The number of benzene rings is 2. The first-order valence-electron chi connectivity index (χ1n) is 7.70. The summed E-state index contributed by atoms with van der Waals surface area (Å²) in [5, 5.41) is 8.64. The molecule has 2 aromatic rings. The maximum atomic E-state index is 12.1. The summed E-state index contributed by atoms with van der Waals surface area (Å²) in [7, 11) is 1.93. The third kappa shape index (κ3) is 3.24. The van der Waals surface area contributed by atoms with Crippen LogP contribution >= 0.6 is 0 Å². The highest BCUT2D eigenvalue weighted by Crippen LogP contribution is 2.48. The lowest BCUT2D eigenvalue weighted by molar-refractivity contribution is -0.122. The van der Waals surface area contributed by atoms with Gasteiger partial charge in [-0.25, -0.2) is 0 Å². The molecule has 2 N–H and O–H groups in total. The van der Waals surface area contributed by atoms with Crippen molar-refractivity contribution >= 4 is 16.7 Å². The molecule has 0 spiro atoms. The van der Waals surface area contributed by atoms with E-state index in [2.05, 4.69) is 53.1 Å². The Kier molecular flexibility index (Phi) is 4.20. The Bertz CT molecular complexity index is 638. The van der Waals surface area contributed by atoms with Crippen molar-refractivity contribution in [2.24, 2.45) is 5.92 Å². The molecule has 3 rings (SSSR count). The van der Waals surface area contributed by atoms with E-state index in [1.165, 1.54) is 16.3 Å². The molecule has 0 aromatic heterocycles. The summed E-state index contributed by atoms with van der Waals surface area (Å²) in [6.07, 6.45) is 1.96. The van der Waals surface area contributed by atoms with E-state index in [0.29, 0.717) is 5.92 Å². The van der Waals surface area contributed by atoms with Gasteiger partial charge in [0.25, 0.3) is 0 Å². The maximum Gasteiger partial charge on any atom is 0.223 e. The molecule has 0 saturated heterocycles. The summed E-state index contributed by atoms with van der Waals surface area (Å²) in [5.74, 6) is 0.781. The third-order valence-corrected chi connectivity index (χ3v) is 4.23. The van der Waals surface area contributed by atoms with Crippen LogP contribution in [0.3, 0.4) is 0 Å². The molecule has 1 fully saturated rings.